The van der Waals surface area contributed by atoms with E-state index in [0.29, 0.717) is 6.54 Å². The van der Waals surface area contributed by atoms with Crippen molar-refractivity contribution in [2.24, 2.45) is 5.92 Å². The first-order valence-corrected chi connectivity index (χ1v) is 6.33. The van der Waals surface area contributed by atoms with Gasteiger partial charge >= 0.3 is 0 Å². The predicted octanol–water partition coefficient (Wildman–Crippen LogP) is 0.623. The number of carbonyl (C=O) groups is 1. The molecule has 4 nitrogen and oxygen atoms in total. The zero-order chi connectivity index (χ0) is 11.4. The van der Waals surface area contributed by atoms with Crippen LogP contribution in [0.25, 0.3) is 0 Å². The lowest BCUT2D eigenvalue weighted by Gasteiger charge is -2.28. The number of nitrogens with one attached hydrogen (secondary N) is 1. The van der Waals surface area contributed by atoms with Crippen LogP contribution in [0.3, 0.4) is 0 Å². The molecule has 0 saturated carbocycles. The monoisotopic (exact) mass is 226 g/mol. The number of carbonyl (C=O) groups excluding carboxylic acids is 1. The summed E-state index contributed by atoms with van der Waals surface area (Å²) < 4.78 is 5.48. The summed E-state index contributed by atoms with van der Waals surface area (Å²) in [6.45, 7) is 3.63. The third-order valence-corrected chi connectivity index (χ3v) is 3.62. The van der Waals surface area contributed by atoms with Gasteiger partial charge in [-0.1, -0.05) is 0 Å². The van der Waals surface area contributed by atoms with Crippen LogP contribution in [0.2, 0.25) is 0 Å². The van der Waals surface area contributed by atoms with Crippen LogP contribution >= 0.6 is 0 Å². The second-order valence-electron chi connectivity index (χ2n) is 4.96. The van der Waals surface area contributed by atoms with Crippen molar-refractivity contribution in [2.45, 2.75) is 31.8 Å². The molecule has 0 radical (unpaired) electrons. The molecule has 92 valence electrons. The number of amides is 1. The van der Waals surface area contributed by atoms with Gasteiger partial charge in [0.2, 0.25) is 5.91 Å². The van der Waals surface area contributed by atoms with Crippen molar-refractivity contribution in [3.63, 3.8) is 0 Å². The summed E-state index contributed by atoms with van der Waals surface area (Å²) in [5.41, 5.74) is 0. The summed E-state index contributed by atoms with van der Waals surface area (Å²) in [5, 5.41) is 3.03. The molecule has 16 heavy (non-hydrogen) atoms. The highest BCUT2D eigenvalue weighted by molar-refractivity contribution is 5.78. The number of ether oxygens (including phenoxy) is 1. The fourth-order valence-electron chi connectivity index (χ4n) is 2.43. The van der Waals surface area contributed by atoms with Gasteiger partial charge in [0.15, 0.2) is 0 Å². The van der Waals surface area contributed by atoms with Gasteiger partial charge in [-0.3, -0.25) is 4.79 Å². The summed E-state index contributed by atoms with van der Waals surface area (Å²) in [6.07, 6.45) is 4.47. The molecule has 0 aromatic heterocycles. The van der Waals surface area contributed by atoms with E-state index in [4.69, 9.17) is 4.74 Å². The molecule has 0 aromatic rings. The van der Waals surface area contributed by atoms with Crippen LogP contribution in [0.15, 0.2) is 0 Å². The Morgan fingerprint density at radius 3 is 2.75 bits per heavy atom. The van der Waals surface area contributed by atoms with E-state index in [1.165, 1.54) is 0 Å². The molecule has 2 rings (SSSR count). The Balaban J connectivity index is 1.67. The minimum absolute atomic E-state index is 0.220. The Morgan fingerprint density at radius 1 is 1.38 bits per heavy atom. The number of hydrogen-bond donors (Lipinski definition) is 1. The van der Waals surface area contributed by atoms with Crippen molar-refractivity contribution >= 4 is 5.91 Å². The largest absolute Gasteiger partial charge is 0.376 e. The molecular formula is C12H22N2O2. The van der Waals surface area contributed by atoms with Crippen LogP contribution in [0.5, 0.6) is 0 Å². The van der Waals surface area contributed by atoms with E-state index in [1.54, 1.807) is 0 Å². The Bertz CT molecular complexity index is 231. The number of piperidine rings is 1. The fraction of sp³-hybridized carbons (Fsp3) is 0.917. The number of hydrogen-bond acceptors (Lipinski definition) is 3. The van der Waals surface area contributed by atoms with Gasteiger partial charge in [-0.05, 0) is 45.8 Å². The van der Waals surface area contributed by atoms with Crippen molar-refractivity contribution in [2.75, 3.05) is 33.3 Å². The van der Waals surface area contributed by atoms with Crippen LogP contribution < -0.4 is 5.32 Å². The van der Waals surface area contributed by atoms with Crippen molar-refractivity contribution in [3.8, 4) is 0 Å². The third-order valence-electron chi connectivity index (χ3n) is 3.62. The highest BCUT2D eigenvalue weighted by atomic mass is 16.5. The molecule has 2 fully saturated rings. The number of likely N-dealkylation sites (tertiary alicyclic amines) is 1. The molecule has 0 aromatic carbocycles. The Labute approximate surface area is 97.3 Å². The quantitative estimate of drug-likeness (QED) is 0.767. The van der Waals surface area contributed by atoms with Crippen LogP contribution in [-0.2, 0) is 9.53 Å². The normalized spacial score (nSPS) is 28.2. The lowest BCUT2D eigenvalue weighted by atomic mass is 9.96. The molecule has 2 aliphatic rings. The molecule has 1 unspecified atom stereocenters. The van der Waals surface area contributed by atoms with E-state index in [1.807, 2.05) is 0 Å². The Kier molecular flexibility index (Phi) is 4.18. The molecule has 0 spiro atoms. The average molecular weight is 226 g/mol. The SMILES string of the molecule is CN1CCC(C(=O)NCC2CCCO2)CC1. The second-order valence-corrected chi connectivity index (χ2v) is 4.96. The van der Waals surface area contributed by atoms with E-state index in [0.717, 1.165) is 45.4 Å². The highest BCUT2D eigenvalue weighted by Crippen LogP contribution is 2.16. The molecule has 2 saturated heterocycles. The van der Waals surface area contributed by atoms with Gasteiger partial charge in [-0.2, -0.15) is 0 Å². The lowest BCUT2D eigenvalue weighted by molar-refractivity contribution is -0.126. The van der Waals surface area contributed by atoms with Gasteiger partial charge in [-0.15, -0.1) is 0 Å². The van der Waals surface area contributed by atoms with Gasteiger partial charge in [0.1, 0.15) is 0 Å². The van der Waals surface area contributed by atoms with Crippen molar-refractivity contribution in [1.82, 2.24) is 10.2 Å². The van der Waals surface area contributed by atoms with Gasteiger partial charge < -0.3 is 15.0 Å². The topological polar surface area (TPSA) is 41.6 Å². The summed E-state index contributed by atoms with van der Waals surface area (Å²) in [6, 6.07) is 0. The van der Waals surface area contributed by atoms with Crippen molar-refractivity contribution < 1.29 is 9.53 Å². The van der Waals surface area contributed by atoms with Crippen LogP contribution in [-0.4, -0.2) is 50.2 Å². The molecule has 2 heterocycles. The molecule has 4 heteroatoms. The van der Waals surface area contributed by atoms with Crippen LogP contribution in [0, 0.1) is 5.92 Å². The molecule has 1 N–H and O–H groups in total. The van der Waals surface area contributed by atoms with Gasteiger partial charge in [-0.25, -0.2) is 0 Å². The van der Waals surface area contributed by atoms with E-state index in [-0.39, 0.29) is 17.9 Å². The van der Waals surface area contributed by atoms with Crippen LogP contribution in [0.1, 0.15) is 25.7 Å². The minimum atomic E-state index is 0.220. The second kappa shape index (κ2) is 5.64. The van der Waals surface area contributed by atoms with Crippen LogP contribution in [0.4, 0.5) is 0 Å². The predicted molar refractivity (Wildman–Crippen MR) is 62.2 cm³/mol. The zero-order valence-corrected chi connectivity index (χ0v) is 10.1. The summed E-state index contributed by atoms with van der Waals surface area (Å²) in [5.74, 6) is 0.446. The first-order valence-electron chi connectivity index (χ1n) is 6.33. The number of rotatable bonds is 3. The minimum Gasteiger partial charge on any atom is -0.376 e. The van der Waals surface area contributed by atoms with E-state index >= 15 is 0 Å². The third kappa shape index (κ3) is 3.19. The summed E-state index contributed by atoms with van der Waals surface area (Å²) in [4.78, 5) is 14.2. The highest BCUT2D eigenvalue weighted by Gasteiger charge is 2.24. The van der Waals surface area contributed by atoms with Gasteiger partial charge in [0.05, 0.1) is 6.10 Å². The first kappa shape index (κ1) is 11.9. The van der Waals surface area contributed by atoms with Crippen molar-refractivity contribution in [3.05, 3.63) is 0 Å². The first-order chi connectivity index (χ1) is 7.75. The van der Waals surface area contributed by atoms with Crippen molar-refractivity contribution in [1.29, 1.82) is 0 Å². The van der Waals surface area contributed by atoms with Gasteiger partial charge in [0, 0.05) is 19.1 Å². The van der Waals surface area contributed by atoms with Gasteiger partial charge in [0.25, 0.3) is 0 Å². The maximum Gasteiger partial charge on any atom is 0.223 e. The fourth-order valence-corrected chi connectivity index (χ4v) is 2.43. The maximum atomic E-state index is 11.9. The molecule has 0 aliphatic carbocycles. The standard InChI is InChI=1S/C12H22N2O2/c1-14-6-4-10(5-7-14)12(15)13-9-11-3-2-8-16-11/h10-11H,2-9H2,1H3,(H,13,15). The molecule has 1 atom stereocenters. The molecule has 0 bridgehead atoms. The Morgan fingerprint density at radius 2 is 2.12 bits per heavy atom. The summed E-state index contributed by atoms with van der Waals surface area (Å²) in [7, 11) is 2.11. The molecule has 1 amide bonds. The Hall–Kier alpha value is -0.610. The smallest absolute Gasteiger partial charge is 0.223 e. The van der Waals surface area contributed by atoms with E-state index < -0.39 is 0 Å². The average Bonchev–Trinajstić information content (AvgIpc) is 2.80. The lowest BCUT2D eigenvalue weighted by Crippen LogP contribution is -2.41. The van der Waals surface area contributed by atoms with E-state index in [9.17, 15) is 4.79 Å². The molecule has 2 aliphatic heterocycles. The number of nitrogens with zero attached hydrogens (tertiary/aromatic N) is 1. The van der Waals surface area contributed by atoms with E-state index in [2.05, 4.69) is 17.3 Å². The zero-order valence-electron chi connectivity index (χ0n) is 10.1. The molecular weight excluding hydrogens is 204 g/mol. The maximum absolute atomic E-state index is 11.9. The summed E-state index contributed by atoms with van der Waals surface area (Å²) >= 11 is 0.